The van der Waals surface area contributed by atoms with Crippen LogP contribution in [0, 0.1) is 6.92 Å². The second-order valence-corrected chi connectivity index (χ2v) is 2.48. The van der Waals surface area contributed by atoms with Crippen molar-refractivity contribution in [2.75, 3.05) is 5.54 Å². The van der Waals surface area contributed by atoms with Gasteiger partial charge in [0, 0.05) is 0 Å². The molecular formula is C7H7ClFN. The molecule has 0 bridgehead atoms. The fourth-order valence-electron chi connectivity index (χ4n) is 0.697. The maximum absolute atomic E-state index is 11.8. The normalized spacial score (nSPS) is 9.50. The molecular weight excluding hydrogens is 153 g/mol. The molecule has 0 aliphatic carbocycles. The third kappa shape index (κ3) is 1.39. The number of anilines is 1. The Labute approximate surface area is 63.8 Å². The number of benzene rings is 1. The molecule has 0 aromatic heterocycles. The molecule has 1 rings (SSSR count). The van der Waals surface area contributed by atoms with Crippen molar-refractivity contribution in [1.82, 2.24) is 0 Å². The summed E-state index contributed by atoms with van der Waals surface area (Å²) < 4.78 is 11.8. The Balaban J connectivity index is 3.07. The van der Waals surface area contributed by atoms with Gasteiger partial charge in [-0.3, -0.25) is 0 Å². The zero-order valence-electron chi connectivity index (χ0n) is 5.49. The quantitative estimate of drug-likeness (QED) is 0.622. The Hall–Kier alpha value is -0.760. The second kappa shape index (κ2) is 2.88. The topological polar surface area (TPSA) is 12.0 Å². The van der Waals surface area contributed by atoms with Crippen LogP contribution in [-0.4, -0.2) is 0 Å². The van der Waals surface area contributed by atoms with E-state index in [0.29, 0.717) is 10.7 Å². The van der Waals surface area contributed by atoms with E-state index in [0.717, 1.165) is 5.56 Å². The summed E-state index contributed by atoms with van der Waals surface area (Å²) in [6.07, 6.45) is 0. The second-order valence-electron chi connectivity index (χ2n) is 2.08. The highest BCUT2D eigenvalue weighted by Gasteiger charge is 1.96. The van der Waals surface area contributed by atoms with Gasteiger partial charge in [0.1, 0.15) is 0 Å². The van der Waals surface area contributed by atoms with Gasteiger partial charge in [0.05, 0.1) is 10.7 Å². The minimum Gasteiger partial charge on any atom is -0.223 e. The Kier molecular flexibility index (Phi) is 2.12. The zero-order chi connectivity index (χ0) is 7.56. The first-order valence-corrected chi connectivity index (χ1v) is 3.24. The molecule has 0 saturated heterocycles. The molecule has 1 N–H and O–H groups in total. The largest absolute Gasteiger partial charge is 0.223 e. The maximum Gasteiger partial charge on any atom is 0.0842 e. The maximum atomic E-state index is 11.8. The van der Waals surface area contributed by atoms with Gasteiger partial charge in [-0.2, -0.15) is 0 Å². The molecule has 54 valence electrons. The van der Waals surface area contributed by atoms with Gasteiger partial charge in [-0.25, -0.2) is 5.54 Å². The number of nitrogens with one attached hydrogen (secondary N) is 1. The van der Waals surface area contributed by atoms with Crippen LogP contribution in [0.5, 0.6) is 0 Å². The van der Waals surface area contributed by atoms with Crippen LogP contribution in [0.2, 0.25) is 5.02 Å². The third-order valence-corrected chi connectivity index (χ3v) is 1.54. The van der Waals surface area contributed by atoms with Crippen molar-refractivity contribution in [3.8, 4) is 0 Å². The highest BCUT2D eigenvalue weighted by molar-refractivity contribution is 6.33. The Morgan fingerprint density at radius 1 is 1.50 bits per heavy atom. The average Bonchev–Trinajstić information content (AvgIpc) is 1.88. The van der Waals surface area contributed by atoms with Crippen LogP contribution >= 0.6 is 11.6 Å². The van der Waals surface area contributed by atoms with E-state index in [1.165, 1.54) is 5.54 Å². The van der Waals surface area contributed by atoms with Crippen molar-refractivity contribution in [3.05, 3.63) is 28.8 Å². The molecule has 0 atom stereocenters. The molecule has 0 unspecified atom stereocenters. The highest BCUT2D eigenvalue weighted by atomic mass is 35.5. The monoisotopic (exact) mass is 159 g/mol. The van der Waals surface area contributed by atoms with E-state index in [-0.39, 0.29) is 0 Å². The van der Waals surface area contributed by atoms with Crippen LogP contribution in [0.15, 0.2) is 18.2 Å². The van der Waals surface area contributed by atoms with E-state index >= 15 is 0 Å². The number of hydrogen-bond acceptors (Lipinski definition) is 1. The fourth-order valence-corrected chi connectivity index (χ4v) is 0.968. The van der Waals surface area contributed by atoms with E-state index in [9.17, 15) is 4.48 Å². The molecule has 1 nitrogen and oxygen atoms in total. The minimum atomic E-state index is 0.312. The van der Waals surface area contributed by atoms with Gasteiger partial charge in [-0.1, -0.05) is 17.7 Å². The lowest BCUT2D eigenvalue weighted by Gasteiger charge is -1.99. The standard InChI is InChI=1S/C7H7ClFN/c1-5-2-3-7(10-9)6(8)4-5/h2-4,10H,1H3. The smallest absolute Gasteiger partial charge is 0.0842 e. The van der Waals surface area contributed by atoms with Crippen molar-refractivity contribution in [1.29, 1.82) is 0 Å². The minimum absolute atomic E-state index is 0.312. The van der Waals surface area contributed by atoms with Crippen molar-refractivity contribution in [2.45, 2.75) is 6.92 Å². The van der Waals surface area contributed by atoms with E-state index in [4.69, 9.17) is 11.6 Å². The number of halogens is 2. The van der Waals surface area contributed by atoms with E-state index in [1.807, 2.05) is 6.92 Å². The molecule has 0 aliphatic rings. The summed E-state index contributed by atoms with van der Waals surface area (Å²) in [5, 5.41) is 0.405. The van der Waals surface area contributed by atoms with Gasteiger partial charge in [0.25, 0.3) is 0 Å². The molecule has 1 aromatic rings. The van der Waals surface area contributed by atoms with Gasteiger partial charge < -0.3 is 0 Å². The van der Waals surface area contributed by atoms with Gasteiger partial charge in [0.15, 0.2) is 0 Å². The molecule has 3 heteroatoms. The van der Waals surface area contributed by atoms with Crippen LogP contribution in [-0.2, 0) is 0 Å². The van der Waals surface area contributed by atoms with Crippen molar-refractivity contribution >= 4 is 17.3 Å². The van der Waals surface area contributed by atoms with Gasteiger partial charge in [0.2, 0.25) is 0 Å². The molecule has 0 radical (unpaired) electrons. The molecule has 0 fully saturated rings. The van der Waals surface area contributed by atoms with Crippen molar-refractivity contribution < 1.29 is 4.48 Å². The van der Waals surface area contributed by atoms with E-state index in [2.05, 4.69) is 0 Å². The third-order valence-electron chi connectivity index (χ3n) is 1.23. The molecule has 0 amide bonds. The predicted octanol–water partition coefficient (Wildman–Crippen LogP) is 2.94. The number of hydrogen-bond donors (Lipinski definition) is 1. The number of aryl methyl sites for hydroxylation is 1. The lowest BCUT2D eigenvalue weighted by molar-refractivity contribution is 0.618. The first-order chi connectivity index (χ1) is 4.74. The lowest BCUT2D eigenvalue weighted by Crippen LogP contribution is -1.82. The molecule has 0 heterocycles. The van der Waals surface area contributed by atoms with E-state index in [1.54, 1.807) is 18.2 Å². The number of rotatable bonds is 1. The molecule has 0 saturated carbocycles. The Morgan fingerprint density at radius 2 is 2.20 bits per heavy atom. The van der Waals surface area contributed by atoms with Gasteiger partial charge >= 0.3 is 0 Å². The Bertz CT molecular complexity index is 237. The van der Waals surface area contributed by atoms with Crippen molar-refractivity contribution in [3.63, 3.8) is 0 Å². The van der Waals surface area contributed by atoms with Crippen LogP contribution in [0.3, 0.4) is 0 Å². The highest BCUT2D eigenvalue weighted by Crippen LogP contribution is 2.22. The van der Waals surface area contributed by atoms with E-state index < -0.39 is 0 Å². The molecule has 10 heavy (non-hydrogen) atoms. The summed E-state index contributed by atoms with van der Waals surface area (Å²) in [6.45, 7) is 1.90. The Morgan fingerprint density at radius 3 is 2.70 bits per heavy atom. The first-order valence-electron chi connectivity index (χ1n) is 2.87. The van der Waals surface area contributed by atoms with Gasteiger partial charge in [-0.15, -0.1) is 4.48 Å². The van der Waals surface area contributed by atoms with Crippen LogP contribution in [0.25, 0.3) is 0 Å². The summed E-state index contributed by atoms with van der Waals surface area (Å²) in [6, 6.07) is 5.08. The molecule has 0 aliphatic heterocycles. The van der Waals surface area contributed by atoms with Crippen LogP contribution in [0.1, 0.15) is 5.56 Å². The molecule has 1 aromatic carbocycles. The summed E-state index contributed by atoms with van der Waals surface area (Å²) in [5.41, 5.74) is 2.82. The SMILES string of the molecule is Cc1ccc(NF)c(Cl)c1. The molecule has 0 spiro atoms. The van der Waals surface area contributed by atoms with Gasteiger partial charge in [-0.05, 0) is 24.6 Å². The van der Waals surface area contributed by atoms with Crippen LogP contribution in [0.4, 0.5) is 10.2 Å². The summed E-state index contributed by atoms with van der Waals surface area (Å²) >= 11 is 5.63. The average molecular weight is 160 g/mol. The lowest BCUT2D eigenvalue weighted by atomic mass is 10.2. The summed E-state index contributed by atoms with van der Waals surface area (Å²) in [5.74, 6) is 0. The predicted molar refractivity (Wildman–Crippen MR) is 40.9 cm³/mol. The van der Waals surface area contributed by atoms with Crippen LogP contribution < -0.4 is 5.54 Å². The van der Waals surface area contributed by atoms with Crippen molar-refractivity contribution in [2.24, 2.45) is 0 Å². The first kappa shape index (κ1) is 7.35. The summed E-state index contributed by atoms with van der Waals surface area (Å²) in [7, 11) is 0. The zero-order valence-corrected chi connectivity index (χ0v) is 6.24. The summed E-state index contributed by atoms with van der Waals surface area (Å²) in [4.78, 5) is 0. The fraction of sp³-hybridized carbons (Fsp3) is 0.143.